The van der Waals surface area contributed by atoms with Gasteiger partial charge in [-0.25, -0.2) is 0 Å². The maximum Gasteiger partial charge on any atom is 0.307 e. The first kappa shape index (κ1) is 14.8. The molecule has 0 radical (unpaired) electrons. The Morgan fingerprint density at radius 2 is 1.81 bits per heavy atom. The average Bonchev–Trinajstić information content (AvgIpc) is 2.49. The minimum absolute atomic E-state index is 0.278. The molecule has 0 saturated heterocycles. The van der Waals surface area contributed by atoms with Crippen molar-refractivity contribution in [3.05, 3.63) is 42.0 Å². The molecule has 5 nitrogen and oxygen atoms in total. The van der Waals surface area contributed by atoms with Gasteiger partial charge in [0.15, 0.2) is 0 Å². The Morgan fingerprint density at radius 3 is 2.38 bits per heavy atom. The number of aliphatic carboxylic acids is 1. The first-order valence-electron chi connectivity index (χ1n) is 6.76. The second kappa shape index (κ2) is 6.71. The van der Waals surface area contributed by atoms with Crippen molar-refractivity contribution in [2.45, 2.75) is 19.3 Å². The Morgan fingerprint density at radius 1 is 1.19 bits per heavy atom. The topological polar surface area (TPSA) is 90.2 Å². The van der Waals surface area contributed by atoms with E-state index in [9.17, 15) is 14.7 Å². The van der Waals surface area contributed by atoms with Crippen LogP contribution in [0.3, 0.4) is 0 Å². The molecule has 1 aromatic carbocycles. The van der Waals surface area contributed by atoms with Crippen molar-refractivity contribution in [3.8, 4) is 6.07 Å². The van der Waals surface area contributed by atoms with Gasteiger partial charge in [-0.05, 0) is 30.5 Å². The number of carboxylic acid groups (broad SMARTS) is 1. The highest BCUT2D eigenvalue weighted by Crippen LogP contribution is 2.27. The lowest BCUT2D eigenvalue weighted by molar-refractivity contribution is -0.146. The van der Waals surface area contributed by atoms with Gasteiger partial charge in [-0.3, -0.25) is 9.59 Å². The number of hydrogen-bond donors (Lipinski definition) is 2. The van der Waals surface area contributed by atoms with E-state index in [-0.39, 0.29) is 5.91 Å². The second-order valence-corrected chi connectivity index (χ2v) is 5.02. The maximum absolute atomic E-state index is 12.2. The highest BCUT2D eigenvalue weighted by Gasteiger charge is 2.33. The van der Waals surface area contributed by atoms with Gasteiger partial charge in [-0.15, -0.1) is 0 Å². The molecule has 2 atom stereocenters. The van der Waals surface area contributed by atoms with E-state index in [4.69, 9.17) is 5.26 Å². The van der Waals surface area contributed by atoms with Gasteiger partial charge < -0.3 is 10.4 Å². The number of amides is 1. The van der Waals surface area contributed by atoms with Gasteiger partial charge in [0, 0.05) is 5.69 Å². The summed E-state index contributed by atoms with van der Waals surface area (Å²) in [5.41, 5.74) is 1.49. The lowest BCUT2D eigenvalue weighted by Crippen LogP contribution is -2.34. The summed E-state index contributed by atoms with van der Waals surface area (Å²) in [6.45, 7) is 0. The molecular weight excluding hydrogens is 268 g/mol. The Bertz CT molecular complexity index is 599. The SMILES string of the molecule is N#CCc1ccc(NC(=O)[C@@H]2CC=CC[C@@H]2C(=O)O)cc1. The molecule has 0 aliphatic heterocycles. The van der Waals surface area contributed by atoms with Crippen molar-refractivity contribution in [1.82, 2.24) is 0 Å². The molecule has 1 aromatic rings. The largest absolute Gasteiger partial charge is 0.481 e. The van der Waals surface area contributed by atoms with Gasteiger partial charge in [-0.1, -0.05) is 24.3 Å². The van der Waals surface area contributed by atoms with Crippen LogP contribution in [-0.2, 0) is 16.0 Å². The molecule has 108 valence electrons. The molecule has 1 amide bonds. The zero-order valence-corrected chi connectivity index (χ0v) is 11.5. The van der Waals surface area contributed by atoms with E-state index < -0.39 is 17.8 Å². The number of nitrogens with one attached hydrogen (secondary N) is 1. The van der Waals surface area contributed by atoms with E-state index in [2.05, 4.69) is 11.4 Å². The number of benzene rings is 1. The molecule has 0 fully saturated rings. The van der Waals surface area contributed by atoms with Crippen LogP contribution in [-0.4, -0.2) is 17.0 Å². The van der Waals surface area contributed by atoms with E-state index in [0.29, 0.717) is 24.9 Å². The lowest BCUT2D eigenvalue weighted by atomic mass is 9.82. The molecule has 0 unspecified atom stereocenters. The van der Waals surface area contributed by atoms with E-state index in [1.54, 1.807) is 30.3 Å². The summed E-state index contributed by atoms with van der Waals surface area (Å²) in [4.78, 5) is 23.4. The fourth-order valence-corrected chi connectivity index (χ4v) is 2.41. The molecule has 2 rings (SSSR count). The van der Waals surface area contributed by atoms with Crippen molar-refractivity contribution >= 4 is 17.6 Å². The summed E-state index contributed by atoms with van der Waals surface area (Å²) in [6.07, 6.45) is 4.80. The van der Waals surface area contributed by atoms with Crippen LogP contribution >= 0.6 is 0 Å². The molecule has 2 N–H and O–H groups in total. The van der Waals surface area contributed by atoms with Crippen molar-refractivity contribution in [1.29, 1.82) is 5.26 Å². The summed E-state index contributed by atoms with van der Waals surface area (Å²) < 4.78 is 0. The van der Waals surface area contributed by atoms with Crippen LogP contribution in [0.5, 0.6) is 0 Å². The van der Waals surface area contributed by atoms with Crippen LogP contribution in [0, 0.1) is 23.2 Å². The van der Waals surface area contributed by atoms with E-state index in [1.807, 2.05) is 6.08 Å². The standard InChI is InChI=1S/C16H16N2O3/c17-10-9-11-5-7-12(8-6-11)18-15(19)13-3-1-2-4-14(13)16(20)21/h1-2,5-8,13-14H,3-4,9H2,(H,18,19)(H,20,21)/t13-,14+/m1/s1. The monoisotopic (exact) mass is 284 g/mol. The molecule has 5 heteroatoms. The third-order valence-corrected chi connectivity index (χ3v) is 3.59. The number of carboxylic acids is 1. The molecular formula is C16H16N2O3. The van der Waals surface area contributed by atoms with Crippen LogP contribution in [0.2, 0.25) is 0 Å². The van der Waals surface area contributed by atoms with Gasteiger partial charge in [0.1, 0.15) is 0 Å². The predicted octanol–water partition coefficient (Wildman–Crippen LogP) is 2.36. The first-order valence-corrected chi connectivity index (χ1v) is 6.76. The molecule has 21 heavy (non-hydrogen) atoms. The number of rotatable bonds is 4. The van der Waals surface area contributed by atoms with Crippen LogP contribution in [0.15, 0.2) is 36.4 Å². The van der Waals surface area contributed by atoms with Crippen molar-refractivity contribution < 1.29 is 14.7 Å². The molecule has 1 aliphatic rings. The molecule has 0 bridgehead atoms. The predicted molar refractivity (Wildman–Crippen MR) is 77.4 cm³/mol. The molecule has 0 spiro atoms. The fraction of sp³-hybridized carbons (Fsp3) is 0.312. The minimum atomic E-state index is -0.941. The van der Waals surface area contributed by atoms with Crippen molar-refractivity contribution in [2.24, 2.45) is 11.8 Å². The van der Waals surface area contributed by atoms with Crippen LogP contribution in [0.25, 0.3) is 0 Å². The van der Waals surface area contributed by atoms with Crippen molar-refractivity contribution in [2.75, 3.05) is 5.32 Å². The van der Waals surface area contributed by atoms with Gasteiger partial charge in [0.2, 0.25) is 5.91 Å². The maximum atomic E-state index is 12.2. The Kier molecular flexibility index (Phi) is 4.72. The Hall–Kier alpha value is -2.61. The third kappa shape index (κ3) is 3.69. The number of hydrogen-bond acceptors (Lipinski definition) is 3. The second-order valence-electron chi connectivity index (χ2n) is 5.02. The van der Waals surface area contributed by atoms with Crippen LogP contribution in [0.4, 0.5) is 5.69 Å². The molecule has 0 aromatic heterocycles. The number of nitrogens with zero attached hydrogens (tertiary/aromatic N) is 1. The normalized spacial score (nSPS) is 20.5. The summed E-state index contributed by atoms with van der Waals surface area (Å²) >= 11 is 0. The van der Waals surface area contributed by atoms with E-state index in [1.165, 1.54) is 0 Å². The van der Waals surface area contributed by atoms with Crippen molar-refractivity contribution in [3.63, 3.8) is 0 Å². The average molecular weight is 284 g/mol. The van der Waals surface area contributed by atoms with Gasteiger partial charge in [-0.2, -0.15) is 5.26 Å². The highest BCUT2D eigenvalue weighted by molar-refractivity contribution is 5.95. The number of anilines is 1. The third-order valence-electron chi connectivity index (χ3n) is 3.59. The van der Waals surface area contributed by atoms with Gasteiger partial charge >= 0.3 is 5.97 Å². The fourth-order valence-electron chi connectivity index (χ4n) is 2.41. The Balaban J connectivity index is 2.05. The lowest BCUT2D eigenvalue weighted by Gasteiger charge is -2.24. The summed E-state index contributed by atoms with van der Waals surface area (Å²) in [6, 6.07) is 9.04. The summed E-state index contributed by atoms with van der Waals surface area (Å²) in [5, 5.41) is 20.5. The zero-order chi connectivity index (χ0) is 15.2. The summed E-state index contributed by atoms with van der Waals surface area (Å²) in [5.74, 6) is -2.44. The minimum Gasteiger partial charge on any atom is -0.481 e. The quantitative estimate of drug-likeness (QED) is 0.830. The van der Waals surface area contributed by atoms with Gasteiger partial charge in [0.25, 0.3) is 0 Å². The highest BCUT2D eigenvalue weighted by atomic mass is 16.4. The molecule has 0 saturated carbocycles. The van der Waals surface area contributed by atoms with E-state index >= 15 is 0 Å². The molecule has 0 heterocycles. The first-order chi connectivity index (χ1) is 10.1. The number of carbonyl (C=O) groups is 2. The number of allylic oxidation sites excluding steroid dienone is 2. The smallest absolute Gasteiger partial charge is 0.307 e. The van der Waals surface area contributed by atoms with Crippen LogP contribution in [0.1, 0.15) is 18.4 Å². The Labute approximate surface area is 122 Å². The molecule has 1 aliphatic carbocycles. The summed E-state index contributed by atoms with van der Waals surface area (Å²) in [7, 11) is 0. The number of carbonyl (C=O) groups excluding carboxylic acids is 1. The number of nitriles is 1. The van der Waals surface area contributed by atoms with Crippen LogP contribution < -0.4 is 5.32 Å². The van der Waals surface area contributed by atoms with E-state index in [0.717, 1.165) is 5.56 Å². The zero-order valence-electron chi connectivity index (χ0n) is 11.5. The van der Waals surface area contributed by atoms with Gasteiger partial charge in [0.05, 0.1) is 24.3 Å².